The van der Waals surface area contributed by atoms with Gasteiger partial charge in [0.2, 0.25) is 5.76 Å². The molecule has 2 aliphatic rings. The van der Waals surface area contributed by atoms with Gasteiger partial charge in [-0.25, -0.2) is 0 Å². The number of amides is 1. The number of nitrogens with one attached hydrogen (secondary N) is 1. The summed E-state index contributed by atoms with van der Waals surface area (Å²) >= 11 is 0. The van der Waals surface area contributed by atoms with Crippen molar-refractivity contribution in [3.63, 3.8) is 0 Å². The number of hydrogen-bond donors (Lipinski definition) is 1. The minimum Gasteiger partial charge on any atom is -0.449 e. The van der Waals surface area contributed by atoms with Crippen LogP contribution in [0.25, 0.3) is 11.0 Å². The highest BCUT2D eigenvalue weighted by Crippen LogP contribution is 2.40. The summed E-state index contributed by atoms with van der Waals surface area (Å²) in [6.07, 6.45) is 0.771. The molecule has 1 aromatic carbocycles. The van der Waals surface area contributed by atoms with E-state index < -0.39 is 17.6 Å². The first-order chi connectivity index (χ1) is 14.8. The molecule has 1 aromatic heterocycles. The van der Waals surface area contributed by atoms with Crippen LogP contribution in [-0.4, -0.2) is 31.3 Å². The minimum atomic E-state index is -4.47. The van der Waals surface area contributed by atoms with Crippen LogP contribution in [0, 0.1) is 11.8 Å². The van der Waals surface area contributed by atoms with E-state index >= 15 is 0 Å². The van der Waals surface area contributed by atoms with Crippen molar-refractivity contribution in [2.75, 3.05) is 24.5 Å². The van der Waals surface area contributed by atoms with Gasteiger partial charge in [-0.2, -0.15) is 13.2 Å². The Morgan fingerprint density at radius 3 is 2.65 bits per heavy atom. The van der Waals surface area contributed by atoms with E-state index in [4.69, 9.17) is 4.42 Å². The molecule has 1 amide bonds. The summed E-state index contributed by atoms with van der Waals surface area (Å²) < 4.78 is 45.5. The average Bonchev–Trinajstić information content (AvgIpc) is 3.06. The molecular weight excluding hydrogens is 409 g/mol. The molecule has 1 fully saturated rings. The number of nitrogens with zero attached hydrogens (tertiary/aromatic N) is 1. The summed E-state index contributed by atoms with van der Waals surface area (Å²) in [5.41, 5.74) is -0.0308. The molecular formula is C23H27F3N2O3. The lowest BCUT2D eigenvalue weighted by Gasteiger charge is -2.30. The fourth-order valence-corrected chi connectivity index (χ4v) is 4.85. The average molecular weight is 436 g/mol. The van der Waals surface area contributed by atoms with E-state index in [0.29, 0.717) is 48.8 Å². The topological polar surface area (TPSA) is 62.6 Å². The predicted molar refractivity (Wildman–Crippen MR) is 111 cm³/mol. The molecule has 0 unspecified atom stereocenters. The number of hydrogen-bond acceptors (Lipinski definition) is 4. The maximum absolute atomic E-state index is 13.3. The minimum absolute atomic E-state index is 0.0732. The second kappa shape index (κ2) is 8.55. The molecule has 5 nitrogen and oxygen atoms in total. The van der Waals surface area contributed by atoms with E-state index in [1.165, 1.54) is 6.07 Å². The van der Waals surface area contributed by atoms with Crippen LogP contribution >= 0.6 is 0 Å². The Morgan fingerprint density at radius 2 is 1.97 bits per heavy atom. The highest BCUT2D eigenvalue weighted by atomic mass is 19.4. The van der Waals surface area contributed by atoms with Crippen molar-refractivity contribution in [1.82, 2.24) is 5.32 Å². The van der Waals surface area contributed by atoms with Crippen LogP contribution in [0.4, 0.5) is 18.9 Å². The van der Waals surface area contributed by atoms with E-state index in [2.05, 4.69) is 5.32 Å². The molecule has 8 heteroatoms. The molecule has 0 saturated heterocycles. The van der Waals surface area contributed by atoms with Crippen LogP contribution < -0.4 is 10.2 Å². The molecule has 0 spiro atoms. The lowest BCUT2D eigenvalue weighted by molar-refractivity contribution is -0.137. The van der Waals surface area contributed by atoms with Crippen molar-refractivity contribution < 1.29 is 27.2 Å². The molecule has 1 saturated carbocycles. The largest absolute Gasteiger partial charge is 0.449 e. The molecule has 1 aliphatic carbocycles. The Hall–Kier alpha value is -2.51. The maximum Gasteiger partial charge on any atom is 0.416 e. The third kappa shape index (κ3) is 4.43. The van der Waals surface area contributed by atoms with Crippen molar-refractivity contribution in [2.24, 2.45) is 11.8 Å². The van der Waals surface area contributed by atoms with Gasteiger partial charge in [0.25, 0.3) is 5.91 Å². The van der Waals surface area contributed by atoms with Gasteiger partial charge in [-0.15, -0.1) is 0 Å². The predicted octanol–water partition coefficient (Wildman–Crippen LogP) is 5.18. The molecule has 0 bridgehead atoms. The fourth-order valence-electron chi connectivity index (χ4n) is 4.85. The van der Waals surface area contributed by atoms with Crippen molar-refractivity contribution in [1.29, 1.82) is 0 Å². The second-order valence-electron chi connectivity index (χ2n) is 8.56. The summed E-state index contributed by atoms with van der Waals surface area (Å²) in [4.78, 5) is 26.4. The van der Waals surface area contributed by atoms with Crippen molar-refractivity contribution in [2.45, 2.75) is 51.6 Å². The number of Topliss-reactive ketones (excluding diaryl/α,β-unsaturated/α-hetero) is 1. The smallest absolute Gasteiger partial charge is 0.416 e. The quantitative estimate of drug-likeness (QED) is 0.702. The molecule has 0 radical (unpaired) electrons. The normalized spacial score (nSPS) is 22.2. The van der Waals surface area contributed by atoms with E-state index in [-0.39, 0.29) is 17.3 Å². The van der Waals surface area contributed by atoms with Gasteiger partial charge in [-0.1, -0.05) is 6.92 Å². The second-order valence-corrected chi connectivity index (χ2v) is 8.56. The molecule has 1 aliphatic heterocycles. The number of carbonyl (C=O) groups excluding carboxylic acids is 2. The Labute approximate surface area is 178 Å². The lowest BCUT2D eigenvalue weighted by atomic mass is 9.78. The molecule has 1 N–H and O–H groups in total. The van der Waals surface area contributed by atoms with E-state index in [0.717, 1.165) is 44.2 Å². The number of halogens is 3. The van der Waals surface area contributed by atoms with Gasteiger partial charge in [0.05, 0.1) is 11.3 Å². The van der Waals surface area contributed by atoms with E-state index in [1.54, 1.807) is 0 Å². The Kier molecular flexibility index (Phi) is 5.99. The highest BCUT2D eigenvalue weighted by Gasteiger charge is 2.34. The molecule has 2 aromatic rings. The Bertz CT molecular complexity index is 974. The number of ketones is 1. The first-order valence-electron chi connectivity index (χ1n) is 11.0. The monoisotopic (exact) mass is 436 g/mol. The summed E-state index contributed by atoms with van der Waals surface area (Å²) in [5.74, 6) is 0.655. The number of fused-ring (bicyclic) bond motifs is 3. The molecule has 0 atom stereocenters. The number of rotatable bonds is 5. The van der Waals surface area contributed by atoms with Crippen LogP contribution in [0.3, 0.4) is 0 Å². The zero-order valence-electron chi connectivity index (χ0n) is 17.6. The molecule has 2 heterocycles. The maximum atomic E-state index is 13.3. The molecule has 4 rings (SSSR count). The summed E-state index contributed by atoms with van der Waals surface area (Å²) in [6, 6.07) is 3.33. The third-order valence-corrected chi connectivity index (χ3v) is 6.64. The van der Waals surface area contributed by atoms with Crippen LogP contribution in [0.2, 0.25) is 0 Å². The van der Waals surface area contributed by atoms with Crippen LogP contribution in [-0.2, 0) is 11.0 Å². The third-order valence-electron chi connectivity index (χ3n) is 6.64. The van der Waals surface area contributed by atoms with Crippen LogP contribution in [0.15, 0.2) is 22.6 Å². The SMILES string of the molecule is CCC(=O)C1CCC(CCN2CCNC(=O)c3oc4ccc(C(F)(F)F)cc4c32)CC1. The summed E-state index contributed by atoms with van der Waals surface area (Å²) in [6.45, 7) is 3.44. The van der Waals surface area contributed by atoms with Crippen molar-refractivity contribution in [3.05, 3.63) is 29.5 Å². The first kappa shape index (κ1) is 21.7. The number of furan rings is 1. The Morgan fingerprint density at radius 1 is 1.23 bits per heavy atom. The number of anilines is 1. The van der Waals surface area contributed by atoms with Crippen LogP contribution in [0.1, 0.15) is 61.6 Å². The van der Waals surface area contributed by atoms with Gasteiger partial charge in [0, 0.05) is 37.4 Å². The summed E-state index contributed by atoms with van der Waals surface area (Å²) in [5, 5.41) is 3.08. The zero-order chi connectivity index (χ0) is 22.2. The van der Waals surface area contributed by atoms with Gasteiger partial charge >= 0.3 is 6.18 Å². The Balaban J connectivity index is 1.55. The molecule has 31 heavy (non-hydrogen) atoms. The van der Waals surface area contributed by atoms with Gasteiger partial charge in [0.1, 0.15) is 11.4 Å². The summed E-state index contributed by atoms with van der Waals surface area (Å²) in [7, 11) is 0. The van der Waals surface area contributed by atoms with Crippen molar-refractivity contribution in [3.8, 4) is 0 Å². The lowest BCUT2D eigenvalue weighted by Crippen LogP contribution is -2.32. The number of carbonyl (C=O) groups is 2. The number of benzene rings is 1. The van der Waals surface area contributed by atoms with Crippen molar-refractivity contribution >= 4 is 28.3 Å². The highest BCUT2D eigenvalue weighted by molar-refractivity contribution is 6.07. The van der Waals surface area contributed by atoms with E-state index in [9.17, 15) is 22.8 Å². The molecule has 168 valence electrons. The van der Waals surface area contributed by atoms with Gasteiger partial charge < -0.3 is 14.6 Å². The first-order valence-corrected chi connectivity index (χ1v) is 11.0. The van der Waals surface area contributed by atoms with E-state index in [1.807, 2.05) is 11.8 Å². The van der Waals surface area contributed by atoms with Gasteiger partial charge in [0.15, 0.2) is 0 Å². The van der Waals surface area contributed by atoms with Gasteiger partial charge in [-0.3, -0.25) is 9.59 Å². The van der Waals surface area contributed by atoms with Gasteiger partial charge in [-0.05, 0) is 56.2 Å². The number of alkyl halides is 3. The fraction of sp³-hybridized carbons (Fsp3) is 0.565. The standard InChI is InChI=1S/C23H27F3N2O3/c1-2-18(29)15-5-3-14(4-6-15)9-11-28-12-10-27-22(30)21-20(28)17-13-16(23(24,25)26)7-8-19(17)31-21/h7-8,13-15H,2-6,9-12H2,1H3,(H,27,30). The zero-order valence-corrected chi connectivity index (χ0v) is 17.6. The van der Waals surface area contributed by atoms with Crippen LogP contribution in [0.5, 0.6) is 0 Å².